The standard InChI is InChI=1S/C11H22N2S2/c1-8-6-13(7-9(2)15-8)10-4-12-5-11(10)14-3/h8-12H,4-7H2,1-3H3. The molecule has 0 aromatic rings. The lowest BCUT2D eigenvalue weighted by Gasteiger charge is -2.39. The maximum Gasteiger partial charge on any atom is 0.0352 e. The van der Waals surface area contributed by atoms with Crippen LogP contribution in [0.15, 0.2) is 0 Å². The third-order valence-corrected chi connectivity index (χ3v) is 5.66. The second kappa shape index (κ2) is 5.30. The molecule has 2 saturated heterocycles. The molecular weight excluding hydrogens is 224 g/mol. The van der Waals surface area contributed by atoms with Crippen molar-refractivity contribution in [2.24, 2.45) is 0 Å². The van der Waals surface area contributed by atoms with Crippen LogP contribution in [0.1, 0.15) is 13.8 Å². The Kier molecular flexibility index (Phi) is 4.27. The van der Waals surface area contributed by atoms with E-state index in [0.717, 1.165) is 21.8 Å². The van der Waals surface area contributed by atoms with E-state index in [1.54, 1.807) is 0 Å². The number of hydrogen-bond donors (Lipinski definition) is 1. The Hall–Kier alpha value is 0.620. The van der Waals surface area contributed by atoms with E-state index in [-0.39, 0.29) is 0 Å². The lowest BCUT2D eigenvalue weighted by atomic mass is 10.2. The highest BCUT2D eigenvalue weighted by molar-refractivity contribution is 8.00. The van der Waals surface area contributed by atoms with Crippen LogP contribution in [0.5, 0.6) is 0 Å². The Morgan fingerprint density at radius 2 is 1.87 bits per heavy atom. The molecule has 0 saturated carbocycles. The zero-order valence-electron chi connectivity index (χ0n) is 9.90. The summed E-state index contributed by atoms with van der Waals surface area (Å²) < 4.78 is 0. The summed E-state index contributed by atoms with van der Waals surface area (Å²) >= 11 is 4.17. The molecule has 2 aliphatic heterocycles. The average Bonchev–Trinajstić information content (AvgIpc) is 2.63. The van der Waals surface area contributed by atoms with Gasteiger partial charge in [0.2, 0.25) is 0 Å². The van der Waals surface area contributed by atoms with Gasteiger partial charge in [-0.1, -0.05) is 13.8 Å². The van der Waals surface area contributed by atoms with Gasteiger partial charge < -0.3 is 5.32 Å². The molecule has 0 aliphatic carbocycles. The van der Waals surface area contributed by atoms with Gasteiger partial charge in [0.25, 0.3) is 0 Å². The molecule has 1 N–H and O–H groups in total. The van der Waals surface area contributed by atoms with Crippen molar-refractivity contribution >= 4 is 23.5 Å². The molecule has 2 rings (SSSR count). The lowest BCUT2D eigenvalue weighted by molar-refractivity contribution is 0.209. The summed E-state index contributed by atoms with van der Waals surface area (Å²) in [5, 5.41) is 5.93. The molecule has 0 amide bonds. The summed E-state index contributed by atoms with van der Waals surface area (Å²) in [6.07, 6.45) is 2.25. The Morgan fingerprint density at radius 3 is 2.47 bits per heavy atom. The van der Waals surface area contributed by atoms with Gasteiger partial charge in [-0.2, -0.15) is 23.5 Å². The van der Waals surface area contributed by atoms with E-state index in [1.807, 2.05) is 11.8 Å². The highest BCUT2D eigenvalue weighted by atomic mass is 32.2. The van der Waals surface area contributed by atoms with Gasteiger partial charge in [0.05, 0.1) is 0 Å². The molecule has 0 radical (unpaired) electrons. The van der Waals surface area contributed by atoms with Crippen molar-refractivity contribution in [3.8, 4) is 0 Å². The van der Waals surface area contributed by atoms with E-state index < -0.39 is 0 Å². The molecular formula is C11H22N2S2. The van der Waals surface area contributed by atoms with E-state index >= 15 is 0 Å². The smallest absolute Gasteiger partial charge is 0.0352 e. The highest BCUT2D eigenvalue weighted by Crippen LogP contribution is 2.29. The second-order valence-electron chi connectivity index (χ2n) is 4.71. The molecule has 4 unspecified atom stereocenters. The molecule has 0 bridgehead atoms. The van der Waals surface area contributed by atoms with E-state index in [9.17, 15) is 0 Å². The van der Waals surface area contributed by atoms with Crippen LogP contribution in [-0.2, 0) is 0 Å². The van der Waals surface area contributed by atoms with Crippen LogP contribution in [-0.4, -0.2) is 59.1 Å². The fourth-order valence-corrected chi connectivity index (χ4v) is 4.95. The molecule has 0 aromatic carbocycles. The van der Waals surface area contributed by atoms with Crippen LogP contribution >= 0.6 is 23.5 Å². The minimum atomic E-state index is 0.769. The number of nitrogens with one attached hydrogen (secondary N) is 1. The largest absolute Gasteiger partial charge is 0.314 e. The van der Waals surface area contributed by atoms with Crippen LogP contribution < -0.4 is 5.32 Å². The molecule has 88 valence electrons. The van der Waals surface area contributed by atoms with Crippen molar-refractivity contribution in [2.75, 3.05) is 32.4 Å². The van der Waals surface area contributed by atoms with E-state index in [4.69, 9.17) is 0 Å². The molecule has 0 spiro atoms. The van der Waals surface area contributed by atoms with Gasteiger partial charge in [-0.05, 0) is 6.26 Å². The Balaban J connectivity index is 1.96. The van der Waals surface area contributed by atoms with E-state index in [0.29, 0.717) is 0 Å². The molecule has 2 nitrogen and oxygen atoms in total. The van der Waals surface area contributed by atoms with Crippen molar-refractivity contribution < 1.29 is 0 Å². The van der Waals surface area contributed by atoms with Gasteiger partial charge in [-0.25, -0.2) is 0 Å². The van der Waals surface area contributed by atoms with Crippen LogP contribution in [0.2, 0.25) is 0 Å². The molecule has 4 atom stereocenters. The van der Waals surface area contributed by atoms with Crippen LogP contribution in [0.3, 0.4) is 0 Å². The van der Waals surface area contributed by atoms with Crippen LogP contribution in [0.25, 0.3) is 0 Å². The minimum Gasteiger partial charge on any atom is -0.314 e. The molecule has 2 aliphatic rings. The van der Waals surface area contributed by atoms with Crippen LogP contribution in [0, 0.1) is 0 Å². The molecule has 4 heteroatoms. The van der Waals surface area contributed by atoms with Gasteiger partial charge in [-0.3, -0.25) is 4.90 Å². The van der Waals surface area contributed by atoms with Gasteiger partial charge in [-0.15, -0.1) is 0 Å². The van der Waals surface area contributed by atoms with Crippen LogP contribution in [0.4, 0.5) is 0 Å². The molecule has 2 fully saturated rings. The first-order valence-electron chi connectivity index (χ1n) is 5.83. The first kappa shape index (κ1) is 12.1. The fourth-order valence-electron chi connectivity index (χ4n) is 2.73. The quantitative estimate of drug-likeness (QED) is 0.794. The number of nitrogens with zero attached hydrogens (tertiary/aromatic N) is 1. The summed E-state index contributed by atoms with van der Waals surface area (Å²) in [7, 11) is 0. The first-order valence-corrected chi connectivity index (χ1v) is 8.06. The monoisotopic (exact) mass is 246 g/mol. The molecule has 15 heavy (non-hydrogen) atoms. The number of thioether (sulfide) groups is 2. The van der Waals surface area contributed by atoms with Gasteiger partial charge >= 0.3 is 0 Å². The minimum absolute atomic E-state index is 0.769. The maximum absolute atomic E-state index is 3.53. The van der Waals surface area contributed by atoms with Crippen molar-refractivity contribution in [3.63, 3.8) is 0 Å². The number of rotatable bonds is 2. The third-order valence-electron chi connectivity index (χ3n) is 3.35. The van der Waals surface area contributed by atoms with E-state index in [2.05, 4.69) is 42.1 Å². The first-order chi connectivity index (χ1) is 7.20. The predicted molar refractivity (Wildman–Crippen MR) is 72.0 cm³/mol. The lowest BCUT2D eigenvalue weighted by Crippen LogP contribution is -2.50. The van der Waals surface area contributed by atoms with Gasteiger partial charge in [0.15, 0.2) is 0 Å². The summed E-state index contributed by atoms with van der Waals surface area (Å²) in [6, 6.07) is 0.769. The van der Waals surface area contributed by atoms with Crippen molar-refractivity contribution in [1.82, 2.24) is 10.2 Å². The zero-order chi connectivity index (χ0) is 10.8. The Bertz CT molecular complexity index is 203. The Morgan fingerprint density at radius 1 is 1.20 bits per heavy atom. The summed E-state index contributed by atoms with van der Waals surface area (Å²) in [4.78, 5) is 2.72. The summed E-state index contributed by atoms with van der Waals surface area (Å²) in [6.45, 7) is 9.66. The Labute approximate surface area is 102 Å². The van der Waals surface area contributed by atoms with E-state index in [1.165, 1.54) is 26.2 Å². The molecule has 0 aromatic heterocycles. The normalized spacial score (nSPS) is 43.4. The topological polar surface area (TPSA) is 15.3 Å². The van der Waals surface area contributed by atoms with Gasteiger partial charge in [0, 0.05) is 48.0 Å². The second-order valence-corrected chi connectivity index (χ2v) is 7.67. The maximum atomic E-state index is 3.53. The highest BCUT2D eigenvalue weighted by Gasteiger charge is 2.35. The van der Waals surface area contributed by atoms with Crippen molar-refractivity contribution in [1.29, 1.82) is 0 Å². The third kappa shape index (κ3) is 2.84. The van der Waals surface area contributed by atoms with Gasteiger partial charge in [0.1, 0.15) is 0 Å². The summed E-state index contributed by atoms with van der Waals surface area (Å²) in [5.74, 6) is 0. The predicted octanol–water partition coefficient (Wildman–Crippen LogP) is 1.52. The fraction of sp³-hybridized carbons (Fsp3) is 1.00. The van der Waals surface area contributed by atoms with Crippen molar-refractivity contribution in [3.05, 3.63) is 0 Å². The number of hydrogen-bond acceptors (Lipinski definition) is 4. The average molecular weight is 246 g/mol. The SMILES string of the molecule is CSC1CNCC1N1CC(C)SC(C)C1. The van der Waals surface area contributed by atoms with Crippen molar-refractivity contribution in [2.45, 2.75) is 35.6 Å². The molecule has 2 heterocycles. The summed E-state index contributed by atoms with van der Waals surface area (Å²) in [5.41, 5.74) is 0. The zero-order valence-corrected chi connectivity index (χ0v) is 11.5.